The molecule has 1 rings (SSSR count). The molecule has 2 N–H and O–H groups in total. The van der Waals surface area contributed by atoms with Crippen LogP contribution in [-0.4, -0.2) is 46.3 Å². The third-order valence-corrected chi connectivity index (χ3v) is 4.69. The zero-order valence-electron chi connectivity index (χ0n) is 9.25. The second-order valence-corrected chi connectivity index (χ2v) is 6.72. The molecule has 1 aliphatic rings. The third-order valence-electron chi connectivity index (χ3n) is 2.43. The molecule has 0 saturated carbocycles. The standard InChI is InChI=1S/C10H21NOS2/c1-8-4-9(5-14-8)11-6-10(2,12)7-13-3/h8-9,11-12H,4-7H2,1-3H3. The van der Waals surface area contributed by atoms with Gasteiger partial charge < -0.3 is 10.4 Å². The Hall–Kier alpha value is 0.620. The summed E-state index contributed by atoms with van der Waals surface area (Å²) >= 11 is 3.72. The summed E-state index contributed by atoms with van der Waals surface area (Å²) in [6.07, 6.45) is 3.27. The first-order valence-electron chi connectivity index (χ1n) is 5.10. The Morgan fingerprint density at radius 1 is 1.64 bits per heavy atom. The number of hydrogen-bond donors (Lipinski definition) is 2. The lowest BCUT2D eigenvalue weighted by molar-refractivity contribution is 0.0822. The number of thioether (sulfide) groups is 2. The fraction of sp³-hybridized carbons (Fsp3) is 1.00. The Balaban J connectivity index is 2.19. The van der Waals surface area contributed by atoms with Crippen LogP contribution in [0.3, 0.4) is 0 Å². The first-order chi connectivity index (χ1) is 6.53. The predicted octanol–water partition coefficient (Wildman–Crippen LogP) is 1.58. The van der Waals surface area contributed by atoms with Crippen LogP contribution in [0.15, 0.2) is 0 Å². The molecule has 0 radical (unpaired) electrons. The fourth-order valence-electron chi connectivity index (χ4n) is 1.69. The third kappa shape index (κ3) is 4.43. The molecular formula is C10H21NOS2. The van der Waals surface area contributed by atoms with Crippen molar-refractivity contribution in [3.63, 3.8) is 0 Å². The van der Waals surface area contributed by atoms with E-state index >= 15 is 0 Å². The zero-order chi connectivity index (χ0) is 10.6. The summed E-state index contributed by atoms with van der Waals surface area (Å²) in [7, 11) is 0. The molecule has 3 atom stereocenters. The van der Waals surface area contributed by atoms with Crippen molar-refractivity contribution in [1.29, 1.82) is 0 Å². The molecule has 1 fully saturated rings. The van der Waals surface area contributed by atoms with Crippen molar-refractivity contribution in [2.45, 2.75) is 37.2 Å². The second kappa shape index (κ2) is 5.64. The highest BCUT2D eigenvalue weighted by atomic mass is 32.2. The van der Waals surface area contributed by atoms with Gasteiger partial charge in [0.25, 0.3) is 0 Å². The highest BCUT2D eigenvalue weighted by Gasteiger charge is 2.25. The van der Waals surface area contributed by atoms with Gasteiger partial charge in [0, 0.05) is 29.3 Å². The Morgan fingerprint density at radius 2 is 2.36 bits per heavy atom. The maximum absolute atomic E-state index is 9.95. The molecule has 0 bridgehead atoms. The summed E-state index contributed by atoms with van der Waals surface area (Å²) in [5.74, 6) is 1.99. The van der Waals surface area contributed by atoms with E-state index in [-0.39, 0.29) is 0 Å². The topological polar surface area (TPSA) is 32.3 Å². The van der Waals surface area contributed by atoms with Gasteiger partial charge in [-0.05, 0) is 19.6 Å². The van der Waals surface area contributed by atoms with Gasteiger partial charge in [-0.3, -0.25) is 0 Å². The van der Waals surface area contributed by atoms with E-state index in [2.05, 4.69) is 12.2 Å². The summed E-state index contributed by atoms with van der Waals surface area (Å²) < 4.78 is 0. The average molecular weight is 235 g/mol. The Bertz CT molecular complexity index is 176. The van der Waals surface area contributed by atoms with Gasteiger partial charge in [-0.15, -0.1) is 0 Å². The molecule has 0 aromatic rings. The Morgan fingerprint density at radius 3 is 2.86 bits per heavy atom. The van der Waals surface area contributed by atoms with E-state index < -0.39 is 5.60 Å². The number of nitrogens with one attached hydrogen (secondary N) is 1. The molecule has 2 nitrogen and oxygen atoms in total. The Kier molecular flexibility index (Phi) is 5.11. The van der Waals surface area contributed by atoms with Gasteiger partial charge >= 0.3 is 0 Å². The lowest BCUT2D eigenvalue weighted by Gasteiger charge is -2.24. The summed E-state index contributed by atoms with van der Waals surface area (Å²) in [5, 5.41) is 14.2. The van der Waals surface area contributed by atoms with Crippen LogP contribution in [0.25, 0.3) is 0 Å². The molecule has 0 aliphatic carbocycles. The lowest BCUT2D eigenvalue weighted by atomic mass is 10.1. The van der Waals surface area contributed by atoms with Gasteiger partial charge in [-0.1, -0.05) is 6.92 Å². The maximum atomic E-state index is 9.95. The quantitative estimate of drug-likeness (QED) is 0.758. The van der Waals surface area contributed by atoms with E-state index in [1.807, 2.05) is 24.9 Å². The van der Waals surface area contributed by atoms with Crippen molar-refractivity contribution in [2.75, 3.05) is 24.3 Å². The number of aliphatic hydroxyl groups is 1. The zero-order valence-corrected chi connectivity index (χ0v) is 10.9. The van der Waals surface area contributed by atoms with Crippen LogP contribution in [-0.2, 0) is 0 Å². The average Bonchev–Trinajstić information content (AvgIpc) is 2.48. The minimum Gasteiger partial charge on any atom is -0.388 e. The maximum Gasteiger partial charge on any atom is 0.0833 e. The summed E-state index contributed by atoms with van der Waals surface area (Å²) in [5.41, 5.74) is -0.560. The minimum absolute atomic E-state index is 0.560. The van der Waals surface area contributed by atoms with Crippen LogP contribution in [0.1, 0.15) is 20.3 Å². The first kappa shape index (κ1) is 12.7. The number of hydrogen-bond acceptors (Lipinski definition) is 4. The second-order valence-electron chi connectivity index (χ2n) is 4.39. The van der Waals surface area contributed by atoms with E-state index in [1.54, 1.807) is 11.8 Å². The van der Waals surface area contributed by atoms with Crippen LogP contribution in [0.2, 0.25) is 0 Å². The smallest absolute Gasteiger partial charge is 0.0833 e. The molecule has 0 aromatic carbocycles. The van der Waals surface area contributed by atoms with Gasteiger partial charge in [0.15, 0.2) is 0 Å². The van der Waals surface area contributed by atoms with Gasteiger partial charge in [-0.25, -0.2) is 0 Å². The van der Waals surface area contributed by atoms with Crippen molar-refractivity contribution in [3.05, 3.63) is 0 Å². The van der Waals surface area contributed by atoms with Gasteiger partial charge in [0.05, 0.1) is 5.60 Å². The van der Waals surface area contributed by atoms with E-state index in [0.29, 0.717) is 12.6 Å². The molecule has 1 saturated heterocycles. The van der Waals surface area contributed by atoms with Crippen molar-refractivity contribution >= 4 is 23.5 Å². The van der Waals surface area contributed by atoms with Crippen LogP contribution in [0.5, 0.6) is 0 Å². The molecule has 84 valence electrons. The molecule has 1 aliphatic heterocycles. The van der Waals surface area contributed by atoms with E-state index in [1.165, 1.54) is 12.2 Å². The van der Waals surface area contributed by atoms with E-state index in [9.17, 15) is 5.11 Å². The SMILES string of the molecule is CSCC(C)(O)CNC1CSC(C)C1. The van der Waals surface area contributed by atoms with Crippen molar-refractivity contribution in [2.24, 2.45) is 0 Å². The largest absolute Gasteiger partial charge is 0.388 e. The van der Waals surface area contributed by atoms with Gasteiger partial charge in [0.1, 0.15) is 0 Å². The first-order valence-corrected chi connectivity index (χ1v) is 7.54. The summed E-state index contributed by atoms with van der Waals surface area (Å²) in [6, 6.07) is 0.600. The lowest BCUT2D eigenvalue weighted by Crippen LogP contribution is -2.44. The molecular weight excluding hydrogens is 214 g/mol. The molecule has 14 heavy (non-hydrogen) atoms. The highest BCUT2D eigenvalue weighted by Crippen LogP contribution is 2.26. The molecule has 3 unspecified atom stereocenters. The van der Waals surface area contributed by atoms with Gasteiger partial charge in [-0.2, -0.15) is 23.5 Å². The van der Waals surface area contributed by atoms with Crippen LogP contribution in [0.4, 0.5) is 0 Å². The molecule has 0 aromatic heterocycles. The van der Waals surface area contributed by atoms with Crippen LogP contribution in [0, 0.1) is 0 Å². The molecule has 4 heteroatoms. The molecule has 1 heterocycles. The summed E-state index contributed by atoms with van der Waals surface area (Å²) in [4.78, 5) is 0. The van der Waals surface area contributed by atoms with E-state index in [0.717, 1.165) is 11.0 Å². The fourth-order valence-corrected chi connectivity index (χ4v) is 3.59. The monoisotopic (exact) mass is 235 g/mol. The van der Waals surface area contributed by atoms with Crippen molar-refractivity contribution in [1.82, 2.24) is 5.32 Å². The molecule has 0 spiro atoms. The minimum atomic E-state index is -0.560. The highest BCUT2D eigenvalue weighted by molar-refractivity contribution is 8.00. The van der Waals surface area contributed by atoms with Crippen LogP contribution < -0.4 is 5.32 Å². The van der Waals surface area contributed by atoms with E-state index in [4.69, 9.17) is 0 Å². The summed E-state index contributed by atoms with van der Waals surface area (Å²) in [6.45, 7) is 4.89. The predicted molar refractivity (Wildman–Crippen MR) is 67.3 cm³/mol. The normalized spacial score (nSPS) is 31.7. The van der Waals surface area contributed by atoms with Crippen molar-refractivity contribution in [3.8, 4) is 0 Å². The Labute approximate surface area is 95.6 Å². The van der Waals surface area contributed by atoms with Crippen molar-refractivity contribution < 1.29 is 5.11 Å². The van der Waals surface area contributed by atoms with Gasteiger partial charge in [0.2, 0.25) is 0 Å². The van der Waals surface area contributed by atoms with Crippen LogP contribution >= 0.6 is 23.5 Å². The number of rotatable bonds is 5. The molecule has 0 amide bonds.